The van der Waals surface area contributed by atoms with E-state index in [0.717, 1.165) is 0 Å². The Kier molecular flexibility index (Phi) is 5.33. The molecule has 0 aliphatic carbocycles. The third kappa shape index (κ3) is 4.40. The zero-order valence-corrected chi connectivity index (χ0v) is 13.2. The molecule has 1 heterocycles. The van der Waals surface area contributed by atoms with E-state index in [1.165, 1.54) is 18.2 Å². The lowest BCUT2D eigenvalue weighted by atomic mass is 10.2. The average Bonchev–Trinajstić information content (AvgIpc) is 2.39. The Morgan fingerprint density at radius 2 is 2.09 bits per heavy atom. The smallest absolute Gasteiger partial charge is 0.271 e. The number of non-ortho nitro benzene ring substituents is 1. The fourth-order valence-electron chi connectivity index (χ4n) is 2.53. The number of carbonyl (C=O) groups is 1. The third-order valence-corrected chi connectivity index (χ3v) is 3.63. The molecule has 1 saturated heterocycles. The van der Waals surface area contributed by atoms with Crippen molar-refractivity contribution in [3.8, 4) is 0 Å². The molecule has 0 bridgehead atoms. The maximum absolute atomic E-state index is 12.1. The number of nitrogens with one attached hydrogen (secondary N) is 1. The van der Waals surface area contributed by atoms with E-state index in [1.54, 1.807) is 0 Å². The summed E-state index contributed by atoms with van der Waals surface area (Å²) < 4.78 is 5.61. The van der Waals surface area contributed by atoms with Crippen molar-refractivity contribution in [1.82, 2.24) is 4.90 Å². The van der Waals surface area contributed by atoms with Crippen LogP contribution in [0.4, 0.5) is 11.4 Å². The van der Waals surface area contributed by atoms with Gasteiger partial charge in [-0.1, -0.05) is 11.6 Å². The number of nitro benzene ring substituents is 1. The second kappa shape index (κ2) is 7.04. The van der Waals surface area contributed by atoms with Crippen LogP contribution >= 0.6 is 11.6 Å². The van der Waals surface area contributed by atoms with Gasteiger partial charge >= 0.3 is 0 Å². The summed E-state index contributed by atoms with van der Waals surface area (Å²) in [5.41, 5.74) is 0.128. The van der Waals surface area contributed by atoms with E-state index in [1.807, 2.05) is 18.7 Å². The lowest BCUT2D eigenvalue weighted by Crippen LogP contribution is -2.48. The normalized spacial score (nSPS) is 22.3. The van der Waals surface area contributed by atoms with Gasteiger partial charge in [-0.25, -0.2) is 0 Å². The molecule has 1 fully saturated rings. The first-order chi connectivity index (χ1) is 10.3. The number of amides is 1. The molecule has 22 heavy (non-hydrogen) atoms. The van der Waals surface area contributed by atoms with Gasteiger partial charge in [-0.2, -0.15) is 0 Å². The first kappa shape index (κ1) is 16.7. The molecule has 2 rings (SSSR count). The minimum absolute atomic E-state index is 0.0675. The van der Waals surface area contributed by atoms with Crippen molar-refractivity contribution in [2.24, 2.45) is 0 Å². The van der Waals surface area contributed by atoms with Crippen LogP contribution in [0.25, 0.3) is 0 Å². The summed E-state index contributed by atoms with van der Waals surface area (Å²) >= 11 is 5.96. The number of carbonyl (C=O) groups excluding carboxylic acids is 1. The van der Waals surface area contributed by atoms with Crippen LogP contribution in [0.5, 0.6) is 0 Å². The summed E-state index contributed by atoms with van der Waals surface area (Å²) in [6, 6.07) is 3.95. The van der Waals surface area contributed by atoms with Gasteiger partial charge in [0.15, 0.2) is 0 Å². The minimum atomic E-state index is -0.530. The molecule has 1 aliphatic rings. The van der Waals surface area contributed by atoms with Crippen LogP contribution in [0.3, 0.4) is 0 Å². The molecular formula is C14H18ClN3O4. The van der Waals surface area contributed by atoms with Gasteiger partial charge in [-0.15, -0.1) is 0 Å². The number of hydrogen-bond acceptors (Lipinski definition) is 5. The highest BCUT2D eigenvalue weighted by molar-refractivity contribution is 6.33. The summed E-state index contributed by atoms with van der Waals surface area (Å²) in [5, 5.41) is 13.7. The van der Waals surface area contributed by atoms with Crippen LogP contribution in [0.15, 0.2) is 18.2 Å². The first-order valence-corrected chi connectivity index (χ1v) is 7.34. The molecule has 1 aromatic carbocycles. The Morgan fingerprint density at radius 3 is 2.68 bits per heavy atom. The fraction of sp³-hybridized carbons (Fsp3) is 0.500. The zero-order chi connectivity index (χ0) is 16.3. The Morgan fingerprint density at radius 1 is 1.45 bits per heavy atom. The summed E-state index contributed by atoms with van der Waals surface area (Å²) in [5.74, 6) is -0.260. The molecule has 0 aromatic heterocycles. The predicted octanol–water partition coefficient (Wildman–Crippen LogP) is 2.30. The molecule has 2 atom stereocenters. The second-order valence-electron chi connectivity index (χ2n) is 5.42. The SMILES string of the molecule is C[C@H]1CN(CC(=O)Nc2cc([N+](=O)[O-])ccc2Cl)C[C@H](C)O1. The Labute approximate surface area is 133 Å². The molecule has 0 unspecified atom stereocenters. The van der Waals surface area contributed by atoms with Gasteiger partial charge in [0.05, 0.1) is 34.4 Å². The quantitative estimate of drug-likeness (QED) is 0.677. The van der Waals surface area contributed by atoms with Crippen molar-refractivity contribution in [1.29, 1.82) is 0 Å². The topological polar surface area (TPSA) is 84.7 Å². The molecule has 1 aromatic rings. The van der Waals surface area contributed by atoms with E-state index in [2.05, 4.69) is 5.32 Å². The molecule has 0 radical (unpaired) electrons. The highest BCUT2D eigenvalue weighted by Gasteiger charge is 2.24. The van der Waals surface area contributed by atoms with Crippen LogP contribution in [0.2, 0.25) is 5.02 Å². The number of halogens is 1. The van der Waals surface area contributed by atoms with E-state index in [-0.39, 0.29) is 41.1 Å². The van der Waals surface area contributed by atoms with Gasteiger partial charge in [0.1, 0.15) is 0 Å². The fourth-order valence-corrected chi connectivity index (χ4v) is 2.69. The number of anilines is 1. The first-order valence-electron chi connectivity index (χ1n) is 6.96. The van der Waals surface area contributed by atoms with Crippen molar-refractivity contribution in [3.63, 3.8) is 0 Å². The lowest BCUT2D eigenvalue weighted by molar-refractivity contribution is -0.384. The number of morpholine rings is 1. The number of nitrogens with zero attached hydrogens (tertiary/aromatic N) is 2. The van der Waals surface area contributed by atoms with Gasteiger partial charge in [-0.05, 0) is 19.9 Å². The van der Waals surface area contributed by atoms with Gasteiger partial charge in [0.2, 0.25) is 5.91 Å². The van der Waals surface area contributed by atoms with Crippen LogP contribution < -0.4 is 5.32 Å². The molecule has 8 heteroatoms. The average molecular weight is 328 g/mol. The van der Waals surface area contributed by atoms with Crippen LogP contribution in [-0.4, -0.2) is 47.6 Å². The Balaban J connectivity index is 2.00. The van der Waals surface area contributed by atoms with Crippen molar-refractivity contribution < 1.29 is 14.5 Å². The highest BCUT2D eigenvalue weighted by Crippen LogP contribution is 2.26. The van der Waals surface area contributed by atoms with E-state index in [9.17, 15) is 14.9 Å². The van der Waals surface area contributed by atoms with Gasteiger partial charge < -0.3 is 10.1 Å². The number of hydrogen-bond donors (Lipinski definition) is 1. The van der Waals surface area contributed by atoms with Crippen molar-refractivity contribution in [2.75, 3.05) is 25.0 Å². The lowest BCUT2D eigenvalue weighted by Gasteiger charge is -2.34. The van der Waals surface area contributed by atoms with E-state index < -0.39 is 4.92 Å². The summed E-state index contributed by atoms with van der Waals surface area (Å²) in [6.45, 7) is 5.44. The predicted molar refractivity (Wildman–Crippen MR) is 83.2 cm³/mol. The second-order valence-corrected chi connectivity index (χ2v) is 5.83. The molecule has 0 saturated carbocycles. The van der Waals surface area contributed by atoms with Crippen molar-refractivity contribution in [2.45, 2.75) is 26.1 Å². The van der Waals surface area contributed by atoms with Crippen molar-refractivity contribution >= 4 is 28.9 Å². The molecule has 0 spiro atoms. The summed E-state index contributed by atoms with van der Waals surface area (Å²) in [4.78, 5) is 24.3. The molecular weight excluding hydrogens is 310 g/mol. The molecule has 120 valence electrons. The number of benzene rings is 1. The number of ether oxygens (including phenoxy) is 1. The third-order valence-electron chi connectivity index (χ3n) is 3.30. The maximum Gasteiger partial charge on any atom is 0.271 e. The van der Waals surface area contributed by atoms with Crippen molar-refractivity contribution in [3.05, 3.63) is 33.3 Å². The standard InChI is InChI=1S/C14H18ClN3O4/c1-9-6-17(7-10(2)22-9)8-14(19)16-13-5-11(18(20)21)3-4-12(13)15/h3-5,9-10H,6-8H2,1-2H3,(H,16,19)/t9-,10-/m0/s1. The maximum atomic E-state index is 12.1. The van der Waals surface area contributed by atoms with E-state index in [0.29, 0.717) is 13.1 Å². The van der Waals surface area contributed by atoms with E-state index in [4.69, 9.17) is 16.3 Å². The molecule has 1 amide bonds. The zero-order valence-electron chi connectivity index (χ0n) is 12.4. The summed E-state index contributed by atoms with van der Waals surface area (Å²) in [6.07, 6.45) is 0.135. The van der Waals surface area contributed by atoms with Gasteiger partial charge in [-0.3, -0.25) is 19.8 Å². The van der Waals surface area contributed by atoms with Crippen LogP contribution in [0, 0.1) is 10.1 Å². The molecule has 1 N–H and O–H groups in total. The monoisotopic (exact) mass is 327 g/mol. The Hall–Kier alpha value is -1.70. The van der Waals surface area contributed by atoms with E-state index >= 15 is 0 Å². The summed E-state index contributed by atoms with van der Waals surface area (Å²) in [7, 11) is 0. The number of nitro groups is 1. The number of rotatable bonds is 4. The van der Waals surface area contributed by atoms with Gasteiger partial charge in [0.25, 0.3) is 5.69 Å². The van der Waals surface area contributed by atoms with Crippen LogP contribution in [-0.2, 0) is 9.53 Å². The largest absolute Gasteiger partial charge is 0.373 e. The Bertz CT molecular complexity index is 571. The van der Waals surface area contributed by atoms with Gasteiger partial charge in [0, 0.05) is 25.2 Å². The minimum Gasteiger partial charge on any atom is -0.373 e. The molecule has 1 aliphatic heterocycles. The molecule has 7 nitrogen and oxygen atoms in total. The van der Waals surface area contributed by atoms with Crippen LogP contribution in [0.1, 0.15) is 13.8 Å². The highest BCUT2D eigenvalue weighted by atomic mass is 35.5.